The predicted molar refractivity (Wildman–Crippen MR) is 67.1 cm³/mol. The normalized spacial score (nSPS) is 20.4. The summed E-state index contributed by atoms with van der Waals surface area (Å²) in [5, 5.41) is 10.4. The molecular weight excluding hydrogens is 238 g/mol. The number of hydrogen-bond acceptors (Lipinski definition) is 7. The molecule has 0 spiro atoms. The maximum absolute atomic E-state index is 11.2. The Labute approximate surface area is 106 Å². The lowest BCUT2D eigenvalue weighted by Gasteiger charge is -2.20. The van der Waals surface area contributed by atoms with E-state index in [2.05, 4.69) is 23.4 Å². The maximum Gasteiger partial charge on any atom is 0.156 e. The summed E-state index contributed by atoms with van der Waals surface area (Å²) in [6.45, 7) is 3.10. The van der Waals surface area contributed by atoms with Crippen LogP contribution < -0.4 is 16.5 Å². The first-order valence-corrected chi connectivity index (χ1v) is 6.86. The first kappa shape index (κ1) is 14.4. The second-order valence-electron chi connectivity index (χ2n) is 3.82. The van der Waals surface area contributed by atoms with Gasteiger partial charge in [-0.1, -0.05) is 19.8 Å². The van der Waals surface area contributed by atoms with E-state index in [0.717, 1.165) is 13.0 Å². The summed E-state index contributed by atoms with van der Waals surface area (Å²) < 4.78 is 0. The van der Waals surface area contributed by atoms with Crippen molar-refractivity contribution in [2.45, 2.75) is 38.1 Å². The van der Waals surface area contributed by atoms with Crippen LogP contribution >= 0.6 is 11.8 Å². The van der Waals surface area contributed by atoms with E-state index in [-0.39, 0.29) is 17.7 Å². The van der Waals surface area contributed by atoms with Crippen molar-refractivity contribution in [3.05, 3.63) is 0 Å². The Balaban J connectivity index is 2.22. The third kappa shape index (κ3) is 5.48. The van der Waals surface area contributed by atoms with E-state index in [9.17, 15) is 4.79 Å². The minimum absolute atomic E-state index is 0.00356. The van der Waals surface area contributed by atoms with Crippen LogP contribution in [0.4, 0.5) is 0 Å². The van der Waals surface area contributed by atoms with Crippen LogP contribution in [-0.4, -0.2) is 28.6 Å². The van der Waals surface area contributed by atoms with E-state index in [4.69, 9.17) is 5.26 Å². The number of nitrogens with one attached hydrogen (secondary N) is 3. The van der Waals surface area contributed by atoms with Gasteiger partial charge in [0, 0.05) is 6.54 Å². The molecule has 1 rings (SSSR count). The Kier molecular flexibility index (Phi) is 7.16. The third-order valence-corrected chi connectivity index (χ3v) is 3.54. The van der Waals surface area contributed by atoms with Crippen molar-refractivity contribution in [2.24, 2.45) is 0 Å². The van der Waals surface area contributed by atoms with Gasteiger partial charge in [-0.3, -0.25) is 4.79 Å². The first-order chi connectivity index (χ1) is 8.27. The zero-order valence-electron chi connectivity index (χ0n) is 10.0. The number of carbonyl (C=O) groups excluding carboxylic acids is 1. The van der Waals surface area contributed by atoms with Gasteiger partial charge in [-0.25, -0.2) is 10.4 Å². The molecule has 1 aliphatic rings. The standard InChI is InChI=1S/C10H19N5OS/c1-2-3-4-7-15-10(12-13-14-15)17-8-9(16)5-6-11/h10,12-14H,2-5,7-8H2,1H3. The fourth-order valence-corrected chi connectivity index (χ4v) is 2.38. The highest BCUT2D eigenvalue weighted by atomic mass is 32.2. The van der Waals surface area contributed by atoms with Gasteiger partial charge in [0.1, 0.15) is 5.50 Å². The number of nitriles is 1. The molecule has 7 heteroatoms. The number of rotatable bonds is 8. The van der Waals surface area contributed by atoms with Crippen LogP contribution in [0.15, 0.2) is 0 Å². The predicted octanol–water partition coefficient (Wildman–Crippen LogP) is 0.506. The molecule has 1 heterocycles. The van der Waals surface area contributed by atoms with Gasteiger partial charge in [0.2, 0.25) is 0 Å². The van der Waals surface area contributed by atoms with Crippen LogP contribution in [0.2, 0.25) is 0 Å². The lowest BCUT2D eigenvalue weighted by Crippen LogP contribution is -2.39. The highest BCUT2D eigenvalue weighted by Crippen LogP contribution is 2.14. The molecule has 0 amide bonds. The van der Waals surface area contributed by atoms with Crippen LogP contribution in [-0.2, 0) is 4.79 Å². The molecule has 0 aromatic heterocycles. The zero-order valence-corrected chi connectivity index (χ0v) is 10.8. The highest BCUT2D eigenvalue weighted by Gasteiger charge is 2.23. The topological polar surface area (TPSA) is 80.2 Å². The van der Waals surface area contributed by atoms with Crippen LogP contribution in [0.25, 0.3) is 0 Å². The molecular formula is C10H19N5OS. The maximum atomic E-state index is 11.2. The Bertz CT molecular complexity index is 280. The van der Waals surface area contributed by atoms with Gasteiger partial charge in [0.05, 0.1) is 18.2 Å². The van der Waals surface area contributed by atoms with Crippen molar-refractivity contribution in [3.8, 4) is 6.07 Å². The molecule has 96 valence electrons. The molecule has 3 N–H and O–H groups in total. The summed E-state index contributed by atoms with van der Waals surface area (Å²) in [4.78, 5) is 11.2. The Morgan fingerprint density at radius 2 is 2.35 bits per heavy atom. The molecule has 0 aromatic rings. The molecule has 17 heavy (non-hydrogen) atoms. The van der Waals surface area contributed by atoms with Gasteiger partial charge in [-0.2, -0.15) is 16.3 Å². The summed E-state index contributed by atoms with van der Waals surface area (Å²) in [7, 11) is 0. The number of thioether (sulfide) groups is 1. The molecule has 0 saturated carbocycles. The molecule has 1 fully saturated rings. The highest BCUT2D eigenvalue weighted by molar-refractivity contribution is 8.00. The van der Waals surface area contributed by atoms with Gasteiger partial charge in [-0.05, 0) is 6.42 Å². The van der Waals surface area contributed by atoms with Gasteiger partial charge in [0.15, 0.2) is 5.78 Å². The van der Waals surface area contributed by atoms with Crippen LogP contribution in [0.1, 0.15) is 32.6 Å². The molecule has 1 atom stereocenters. The van der Waals surface area contributed by atoms with E-state index >= 15 is 0 Å². The molecule has 1 unspecified atom stereocenters. The molecule has 0 radical (unpaired) electrons. The van der Waals surface area contributed by atoms with E-state index in [1.54, 1.807) is 0 Å². The SMILES string of the molecule is CCCCCN1NNNC1SCC(=O)CC#N. The lowest BCUT2D eigenvalue weighted by molar-refractivity contribution is -0.115. The van der Waals surface area contributed by atoms with Crippen LogP contribution in [0, 0.1) is 11.3 Å². The number of carbonyl (C=O) groups is 1. The fraction of sp³-hybridized carbons (Fsp3) is 0.800. The third-order valence-electron chi connectivity index (χ3n) is 2.36. The zero-order chi connectivity index (χ0) is 12.5. The molecule has 6 nitrogen and oxygen atoms in total. The van der Waals surface area contributed by atoms with Crippen molar-refractivity contribution >= 4 is 17.5 Å². The molecule has 1 aliphatic heterocycles. The first-order valence-electron chi connectivity index (χ1n) is 5.81. The monoisotopic (exact) mass is 257 g/mol. The molecule has 1 saturated heterocycles. The Morgan fingerprint density at radius 1 is 1.53 bits per heavy atom. The van der Waals surface area contributed by atoms with Crippen LogP contribution in [0.3, 0.4) is 0 Å². The largest absolute Gasteiger partial charge is 0.298 e. The second kappa shape index (κ2) is 8.44. The van der Waals surface area contributed by atoms with E-state index in [0.29, 0.717) is 5.75 Å². The summed E-state index contributed by atoms with van der Waals surface area (Å²) in [6, 6.07) is 1.87. The number of ketones is 1. The average Bonchev–Trinajstić information content (AvgIpc) is 2.75. The van der Waals surface area contributed by atoms with Crippen molar-refractivity contribution in [2.75, 3.05) is 12.3 Å². The Hall–Kier alpha value is -0.650. The smallest absolute Gasteiger partial charge is 0.156 e. The van der Waals surface area contributed by atoms with Crippen molar-refractivity contribution in [1.29, 1.82) is 5.26 Å². The second-order valence-corrected chi connectivity index (χ2v) is 4.89. The van der Waals surface area contributed by atoms with E-state index in [1.807, 2.05) is 11.1 Å². The fourth-order valence-electron chi connectivity index (χ4n) is 1.45. The summed E-state index contributed by atoms with van der Waals surface area (Å²) in [5.74, 6) is 0.332. The van der Waals surface area contributed by atoms with Crippen LogP contribution in [0.5, 0.6) is 0 Å². The number of hydrazine groups is 3. The molecule has 0 aliphatic carbocycles. The summed E-state index contributed by atoms with van der Waals surface area (Å²) in [6.07, 6.45) is 3.50. The lowest BCUT2D eigenvalue weighted by atomic mass is 10.2. The summed E-state index contributed by atoms with van der Waals surface area (Å²) >= 11 is 1.49. The summed E-state index contributed by atoms with van der Waals surface area (Å²) in [5.41, 5.74) is 8.89. The van der Waals surface area contributed by atoms with E-state index in [1.165, 1.54) is 24.6 Å². The van der Waals surface area contributed by atoms with Crippen molar-refractivity contribution in [1.82, 2.24) is 21.5 Å². The minimum atomic E-state index is -0.0280. The average molecular weight is 257 g/mol. The van der Waals surface area contributed by atoms with Gasteiger partial charge in [-0.15, -0.1) is 11.8 Å². The quantitative estimate of drug-likeness (QED) is 0.546. The Morgan fingerprint density at radius 3 is 3.06 bits per heavy atom. The molecule has 0 aromatic carbocycles. The number of nitrogens with zero attached hydrogens (tertiary/aromatic N) is 2. The van der Waals surface area contributed by atoms with Gasteiger partial charge >= 0.3 is 0 Å². The number of hydrogen-bond donors (Lipinski definition) is 3. The minimum Gasteiger partial charge on any atom is -0.298 e. The number of Topliss-reactive ketones (excluding diaryl/α,β-unsaturated/α-hetero) is 1. The van der Waals surface area contributed by atoms with Gasteiger partial charge in [0.25, 0.3) is 0 Å². The number of unbranched alkanes of at least 4 members (excludes halogenated alkanes) is 2. The van der Waals surface area contributed by atoms with Crippen molar-refractivity contribution in [3.63, 3.8) is 0 Å². The van der Waals surface area contributed by atoms with E-state index < -0.39 is 0 Å². The molecule has 0 bridgehead atoms. The van der Waals surface area contributed by atoms with Crippen molar-refractivity contribution < 1.29 is 4.79 Å². The van der Waals surface area contributed by atoms with Gasteiger partial charge < -0.3 is 0 Å².